The number of hydrogen-bond acceptors (Lipinski definition) is 7. The Morgan fingerprint density at radius 3 is 1.49 bits per heavy atom. The second kappa shape index (κ2) is 13.1. The fourth-order valence-corrected chi connectivity index (χ4v) is 8.26. The molecule has 1 heterocycles. The van der Waals surface area contributed by atoms with Crippen LogP contribution in [0.25, 0.3) is 16.7 Å². The van der Waals surface area contributed by atoms with Gasteiger partial charge in [0.25, 0.3) is 0 Å². The molecule has 0 radical (unpaired) electrons. The molecule has 7 aromatic rings. The predicted molar refractivity (Wildman–Crippen MR) is 195 cm³/mol. The second-order valence-corrected chi connectivity index (χ2v) is 16.0. The van der Waals surface area contributed by atoms with Crippen LogP contribution in [0.4, 0.5) is 0 Å². The maximum Gasteiger partial charge on any atom is 0.333 e. The van der Waals surface area contributed by atoms with Crippen LogP contribution < -0.4 is 15.2 Å². The molecule has 0 aliphatic rings. The molecule has 0 amide bonds. The van der Waals surface area contributed by atoms with E-state index >= 15 is 0 Å². The zero-order valence-electron chi connectivity index (χ0n) is 27.8. The van der Waals surface area contributed by atoms with Gasteiger partial charge in [0.1, 0.15) is 23.0 Å². The lowest BCUT2D eigenvalue weighted by Crippen LogP contribution is -2.20. The summed E-state index contributed by atoms with van der Waals surface area (Å²) in [5, 5.41) is 0. The summed E-state index contributed by atoms with van der Waals surface area (Å²) in [5.41, 5.74) is 3.60. The van der Waals surface area contributed by atoms with Crippen molar-refractivity contribution in [3.05, 3.63) is 161 Å². The first kappa shape index (κ1) is 33.6. The molecule has 51 heavy (non-hydrogen) atoms. The van der Waals surface area contributed by atoms with Crippen molar-refractivity contribution < 1.29 is 26.3 Å². The molecule has 0 saturated heterocycles. The first-order chi connectivity index (χ1) is 24.4. The molecule has 9 nitrogen and oxygen atoms in total. The van der Waals surface area contributed by atoms with Gasteiger partial charge in [-0.2, -0.15) is 0 Å². The summed E-state index contributed by atoms with van der Waals surface area (Å²) in [4.78, 5) is 13.5. The molecule has 256 valence electrons. The minimum atomic E-state index is -3.84. The van der Waals surface area contributed by atoms with Crippen LogP contribution in [0.2, 0.25) is 0 Å². The zero-order valence-corrected chi connectivity index (χ0v) is 29.5. The fraction of sp³-hybridized carbons (Fsp3) is 0.0750. The van der Waals surface area contributed by atoms with Crippen LogP contribution in [0.15, 0.2) is 164 Å². The van der Waals surface area contributed by atoms with Crippen molar-refractivity contribution in [1.29, 1.82) is 0 Å². The zero-order chi connectivity index (χ0) is 35.9. The molecule has 6 aromatic carbocycles. The maximum atomic E-state index is 13.5. The van der Waals surface area contributed by atoms with Gasteiger partial charge in [0, 0.05) is 7.05 Å². The smallest absolute Gasteiger partial charge is 0.333 e. The van der Waals surface area contributed by atoms with Gasteiger partial charge in [-0.1, -0.05) is 29.8 Å². The fourth-order valence-electron chi connectivity index (χ4n) is 5.74. The number of nitrogens with zero attached hydrogens (tertiary/aromatic N) is 2. The monoisotopic (exact) mass is 716 g/mol. The van der Waals surface area contributed by atoms with Gasteiger partial charge in [0.05, 0.1) is 36.3 Å². The number of benzene rings is 6. The Morgan fingerprint density at radius 1 is 0.510 bits per heavy atom. The first-order valence-corrected chi connectivity index (χ1v) is 18.9. The Balaban J connectivity index is 1.02. The molecule has 11 heteroatoms. The number of imidazole rings is 1. The summed E-state index contributed by atoms with van der Waals surface area (Å²) in [7, 11) is -5.79. The van der Waals surface area contributed by atoms with E-state index in [-0.39, 0.29) is 25.3 Å². The molecule has 1 aromatic heterocycles. The van der Waals surface area contributed by atoms with Gasteiger partial charge >= 0.3 is 5.69 Å². The topological polar surface area (TPSA) is 114 Å². The molecular formula is C40H32N2O7S2. The van der Waals surface area contributed by atoms with E-state index in [0.29, 0.717) is 28.7 Å². The minimum Gasteiger partial charge on any atom is -0.457 e. The van der Waals surface area contributed by atoms with Crippen LogP contribution in [0, 0.1) is 13.8 Å². The van der Waals surface area contributed by atoms with Gasteiger partial charge in [-0.3, -0.25) is 9.13 Å². The summed E-state index contributed by atoms with van der Waals surface area (Å²) in [6.07, 6.45) is 0. The van der Waals surface area contributed by atoms with Gasteiger partial charge < -0.3 is 9.47 Å². The lowest BCUT2D eigenvalue weighted by atomic mass is 10.2. The van der Waals surface area contributed by atoms with Crippen LogP contribution in [0.5, 0.6) is 23.0 Å². The van der Waals surface area contributed by atoms with E-state index in [9.17, 15) is 21.6 Å². The van der Waals surface area contributed by atoms with E-state index in [1.165, 1.54) is 36.4 Å². The lowest BCUT2D eigenvalue weighted by Gasteiger charge is -2.12. The third kappa shape index (κ3) is 6.44. The van der Waals surface area contributed by atoms with E-state index < -0.39 is 19.7 Å². The van der Waals surface area contributed by atoms with Crippen LogP contribution in [0.3, 0.4) is 0 Å². The largest absolute Gasteiger partial charge is 0.457 e. The van der Waals surface area contributed by atoms with E-state index in [2.05, 4.69) is 0 Å². The molecule has 0 spiro atoms. The highest BCUT2D eigenvalue weighted by atomic mass is 32.2. The van der Waals surface area contributed by atoms with Crippen LogP contribution in [-0.2, 0) is 26.7 Å². The number of rotatable bonds is 9. The third-order valence-electron chi connectivity index (χ3n) is 8.58. The molecule has 0 bridgehead atoms. The molecule has 7 rings (SSSR count). The normalized spacial score (nSPS) is 11.8. The number of aromatic nitrogens is 2. The Bertz CT molecular complexity index is 2680. The maximum absolute atomic E-state index is 13.5. The van der Waals surface area contributed by atoms with Gasteiger partial charge in [0.2, 0.25) is 19.7 Å². The van der Waals surface area contributed by atoms with Gasteiger partial charge in [0.15, 0.2) is 0 Å². The average molecular weight is 717 g/mol. The summed E-state index contributed by atoms with van der Waals surface area (Å²) < 4.78 is 68.0. The second-order valence-electron chi connectivity index (χ2n) is 12.1. The third-order valence-corrected chi connectivity index (χ3v) is 12.1. The van der Waals surface area contributed by atoms with Gasteiger partial charge in [-0.15, -0.1) is 0 Å². The minimum absolute atomic E-state index is 0.0990. The molecule has 0 saturated carbocycles. The number of hydrogen-bond donors (Lipinski definition) is 0. The standard InChI is InChI=1S/C40H32N2O7S2/c1-27-8-17-33(18-9-27)50(44,45)36-23-14-31(15-24-36)49-39-25-16-32(26-28(39)2)48-30-12-21-35(22-13-30)51(46,47)34-19-10-29(11-20-34)42-38-7-5-4-6-37(38)41(3)40(42)43/h4-26H,1-3H3. The van der Waals surface area contributed by atoms with Gasteiger partial charge in [-0.05, 0) is 135 Å². The summed E-state index contributed by atoms with van der Waals surface area (Å²) in [6.45, 7) is 3.76. The van der Waals surface area contributed by atoms with E-state index in [1.54, 1.807) is 95.0 Å². The molecule has 0 unspecified atom stereocenters. The molecule has 0 fully saturated rings. The molecule has 0 aliphatic heterocycles. The van der Waals surface area contributed by atoms with E-state index in [1.807, 2.05) is 38.1 Å². The number of para-hydroxylation sites is 2. The van der Waals surface area contributed by atoms with Crippen LogP contribution in [0.1, 0.15) is 11.1 Å². The Hall–Kier alpha value is -5.91. The van der Waals surface area contributed by atoms with Gasteiger partial charge in [-0.25, -0.2) is 21.6 Å². The Kier molecular flexibility index (Phi) is 8.62. The van der Waals surface area contributed by atoms with Crippen LogP contribution >= 0.6 is 0 Å². The summed E-state index contributed by atoms with van der Waals surface area (Å²) in [6, 6.07) is 38.1. The average Bonchev–Trinajstić information content (AvgIpc) is 3.39. The Morgan fingerprint density at radius 2 is 0.961 bits per heavy atom. The number of aryl methyl sites for hydroxylation is 3. The van der Waals surface area contributed by atoms with Crippen molar-refractivity contribution in [1.82, 2.24) is 9.13 Å². The lowest BCUT2D eigenvalue weighted by molar-refractivity contribution is 0.465. The van der Waals surface area contributed by atoms with Crippen molar-refractivity contribution in [2.45, 2.75) is 33.4 Å². The highest BCUT2D eigenvalue weighted by Crippen LogP contribution is 2.33. The number of sulfone groups is 2. The predicted octanol–water partition coefficient (Wildman–Crippen LogP) is 8.20. The number of ether oxygens (including phenoxy) is 2. The summed E-state index contributed by atoms with van der Waals surface area (Å²) >= 11 is 0. The molecule has 0 atom stereocenters. The van der Waals surface area contributed by atoms with Crippen molar-refractivity contribution >= 4 is 30.7 Å². The van der Waals surface area contributed by atoms with Crippen molar-refractivity contribution in [3.63, 3.8) is 0 Å². The summed E-state index contributed by atoms with van der Waals surface area (Å²) in [5.74, 6) is 2.00. The van der Waals surface area contributed by atoms with Crippen molar-refractivity contribution in [2.75, 3.05) is 0 Å². The van der Waals surface area contributed by atoms with Crippen LogP contribution in [-0.4, -0.2) is 26.0 Å². The first-order valence-electron chi connectivity index (χ1n) is 15.9. The quantitative estimate of drug-likeness (QED) is 0.148. The number of fused-ring (bicyclic) bond motifs is 1. The highest BCUT2D eigenvalue weighted by molar-refractivity contribution is 7.91. The SMILES string of the molecule is Cc1ccc(S(=O)(=O)c2ccc(Oc3ccc(Oc4ccc(S(=O)(=O)c5ccc(-n6c(=O)n(C)c7ccccc76)cc5)cc4)cc3C)cc2)cc1. The van der Waals surface area contributed by atoms with E-state index in [4.69, 9.17) is 9.47 Å². The molecule has 0 aliphatic carbocycles. The van der Waals surface area contributed by atoms with E-state index in [0.717, 1.165) is 22.2 Å². The van der Waals surface area contributed by atoms with Crippen molar-refractivity contribution in [3.8, 4) is 28.7 Å². The van der Waals surface area contributed by atoms with Crippen molar-refractivity contribution in [2.24, 2.45) is 7.05 Å². The Labute approximate surface area is 295 Å². The molecular weight excluding hydrogens is 685 g/mol. The highest BCUT2D eigenvalue weighted by Gasteiger charge is 2.20. The molecule has 0 N–H and O–H groups in total.